The molecule has 3 heteroatoms. The van der Waals surface area contributed by atoms with E-state index in [1.165, 1.54) is 5.69 Å². The summed E-state index contributed by atoms with van der Waals surface area (Å²) in [5.74, 6) is 0. The Hall–Kier alpha value is -0.730. The normalized spacial score (nSPS) is 10.5. The summed E-state index contributed by atoms with van der Waals surface area (Å²) in [6.07, 6.45) is 0. The van der Waals surface area contributed by atoms with E-state index in [-0.39, 0.29) is 0 Å². The Morgan fingerprint density at radius 2 is 1.71 bits per heavy atom. The highest BCUT2D eigenvalue weighted by atomic mass is 79.9. The molecule has 1 nitrogen and oxygen atoms in total. The summed E-state index contributed by atoms with van der Waals surface area (Å²) in [5.41, 5.74) is 2.31. The van der Waals surface area contributed by atoms with E-state index < -0.39 is 0 Å². The van der Waals surface area contributed by atoms with Crippen LogP contribution >= 0.6 is 27.5 Å². The second-order valence-corrected chi connectivity index (χ2v) is 4.36. The van der Waals surface area contributed by atoms with Gasteiger partial charge in [0, 0.05) is 16.4 Å². The number of benzene rings is 1. The lowest BCUT2D eigenvalue weighted by atomic mass is 10.3. The quantitative estimate of drug-likeness (QED) is 0.732. The van der Waals surface area contributed by atoms with Gasteiger partial charge in [0.25, 0.3) is 0 Å². The first-order valence-corrected chi connectivity index (χ1v) is 5.45. The Bertz CT molecular complexity index is 425. The second-order valence-electron chi connectivity index (χ2n) is 3.11. The molecule has 0 fully saturated rings. The largest absolute Gasteiger partial charge is 0.308 e. The minimum absolute atomic E-state index is 0.759. The summed E-state index contributed by atoms with van der Waals surface area (Å²) in [7, 11) is 0. The lowest BCUT2D eigenvalue weighted by Gasteiger charge is -2.07. The van der Waals surface area contributed by atoms with Crippen LogP contribution in [0, 0.1) is 6.92 Å². The predicted molar refractivity (Wildman–Crippen MR) is 63.2 cm³/mol. The van der Waals surface area contributed by atoms with Crippen LogP contribution in [0.3, 0.4) is 0 Å². The third-order valence-electron chi connectivity index (χ3n) is 2.11. The molecule has 0 saturated carbocycles. The summed E-state index contributed by atoms with van der Waals surface area (Å²) < 4.78 is 3.17. The van der Waals surface area contributed by atoms with Gasteiger partial charge >= 0.3 is 0 Å². The van der Waals surface area contributed by atoms with Crippen molar-refractivity contribution in [2.24, 2.45) is 0 Å². The zero-order valence-electron chi connectivity index (χ0n) is 7.67. The van der Waals surface area contributed by atoms with Crippen LogP contribution in [0.4, 0.5) is 0 Å². The van der Waals surface area contributed by atoms with Gasteiger partial charge in [0.1, 0.15) is 0 Å². The topological polar surface area (TPSA) is 4.93 Å². The number of nitrogens with zero attached hydrogens (tertiary/aromatic N) is 1. The Morgan fingerprint density at radius 3 is 2.21 bits per heavy atom. The minimum atomic E-state index is 0.759. The fourth-order valence-electron chi connectivity index (χ4n) is 1.42. The standard InChI is InChI=1S/C11H9BrClN/c1-8-2-7-11(12)14(8)10-5-3-9(13)4-6-10/h2-7H,1H3. The Kier molecular flexibility index (Phi) is 2.66. The molecule has 0 aliphatic rings. The van der Waals surface area contributed by atoms with Crippen molar-refractivity contribution >= 4 is 27.5 Å². The number of aromatic nitrogens is 1. The molecule has 2 rings (SSSR count). The molecule has 0 aliphatic carbocycles. The van der Waals surface area contributed by atoms with Crippen molar-refractivity contribution in [1.29, 1.82) is 0 Å². The maximum atomic E-state index is 5.83. The zero-order valence-corrected chi connectivity index (χ0v) is 10.0. The summed E-state index contributed by atoms with van der Waals surface area (Å²) in [6, 6.07) is 11.9. The van der Waals surface area contributed by atoms with E-state index in [4.69, 9.17) is 11.6 Å². The van der Waals surface area contributed by atoms with E-state index in [2.05, 4.69) is 33.5 Å². The first-order valence-electron chi connectivity index (χ1n) is 4.28. The van der Waals surface area contributed by atoms with Crippen LogP contribution in [0.15, 0.2) is 41.0 Å². The fourth-order valence-corrected chi connectivity index (χ4v) is 2.17. The Balaban J connectivity index is 2.54. The van der Waals surface area contributed by atoms with Crippen molar-refractivity contribution in [3.8, 4) is 5.69 Å². The molecule has 1 aromatic heterocycles. The number of rotatable bonds is 1. The van der Waals surface area contributed by atoms with Crippen molar-refractivity contribution in [2.45, 2.75) is 6.92 Å². The minimum Gasteiger partial charge on any atom is -0.308 e. The average molecular weight is 271 g/mol. The van der Waals surface area contributed by atoms with Crippen molar-refractivity contribution < 1.29 is 0 Å². The molecule has 0 bridgehead atoms. The van der Waals surface area contributed by atoms with E-state index in [1.807, 2.05) is 30.3 Å². The van der Waals surface area contributed by atoms with Crippen LogP contribution in [0.1, 0.15) is 5.69 Å². The molecule has 14 heavy (non-hydrogen) atoms. The molecule has 0 atom stereocenters. The number of hydrogen-bond donors (Lipinski definition) is 0. The molecule has 0 aliphatic heterocycles. The number of halogens is 2. The van der Waals surface area contributed by atoms with Crippen molar-refractivity contribution in [2.75, 3.05) is 0 Å². The van der Waals surface area contributed by atoms with Gasteiger partial charge in [0.05, 0.1) is 4.60 Å². The maximum absolute atomic E-state index is 5.83. The summed E-state index contributed by atoms with van der Waals surface area (Å²) in [5, 5.41) is 0.759. The molecule has 1 aromatic carbocycles. The van der Waals surface area contributed by atoms with Gasteiger partial charge in [-0.25, -0.2) is 0 Å². The summed E-state index contributed by atoms with van der Waals surface area (Å²) >= 11 is 9.33. The third-order valence-corrected chi connectivity index (χ3v) is 2.98. The number of hydrogen-bond acceptors (Lipinski definition) is 0. The molecular weight excluding hydrogens is 261 g/mol. The number of aryl methyl sites for hydroxylation is 1. The van der Waals surface area contributed by atoms with E-state index in [0.29, 0.717) is 0 Å². The fraction of sp³-hybridized carbons (Fsp3) is 0.0909. The van der Waals surface area contributed by atoms with Gasteiger partial charge in [0.15, 0.2) is 0 Å². The van der Waals surface area contributed by atoms with Gasteiger partial charge < -0.3 is 4.57 Å². The molecule has 0 unspecified atom stereocenters. The van der Waals surface area contributed by atoms with Crippen molar-refractivity contribution in [1.82, 2.24) is 4.57 Å². The average Bonchev–Trinajstić information content (AvgIpc) is 2.49. The molecule has 0 saturated heterocycles. The van der Waals surface area contributed by atoms with Gasteiger partial charge in [-0.1, -0.05) is 11.6 Å². The van der Waals surface area contributed by atoms with Gasteiger partial charge in [-0.15, -0.1) is 0 Å². The van der Waals surface area contributed by atoms with E-state index >= 15 is 0 Å². The molecule has 0 amide bonds. The van der Waals surface area contributed by atoms with Gasteiger partial charge in [-0.05, 0) is 59.3 Å². The van der Waals surface area contributed by atoms with E-state index in [0.717, 1.165) is 15.3 Å². The molecule has 0 N–H and O–H groups in total. The molecular formula is C11H9BrClN. The molecule has 2 aromatic rings. The zero-order chi connectivity index (χ0) is 10.1. The highest BCUT2D eigenvalue weighted by Gasteiger charge is 2.03. The molecule has 72 valence electrons. The first-order chi connectivity index (χ1) is 6.68. The maximum Gasteiger partial charge on any atom is 0.0894 e. The molecule has 0 radical (unpaired) electrons. The Morgan fingerprint density at radius 1 is 1.07 bits per heavy atom. The van der Waals surface area contributed by atoms with Crippen molar-refractivity contribution in [3.63, 3.8) is 0 Å². The predicted octanol–water partition coefficient (Wildman–Crippen LogP) is 4.20. The van der Waals surface area contributed by atoms with Crippen molar-refractivity contribution in [3.05, 3.63) is 51.7 Å². The lowest BCUT2D eigenvalue weighted by Crippen LogP contribution is -1.95. The Labute approximate surface area is 96.4 Å². The monoisotopic (exact) mass is 269 g/mol. The highest BCUT2D eigenvalue weighted by Crippen LogP contribution is 2.22. The van der Waals surface area contributed by atoms with Crippen LogP contribution in [-0.4, -0.2) is 4.57 Å². The lowest BCUT2D eigenvalue weighted by molar-refractivity contribution is 0.990. The smallest absolute Gasteiger partial charge is 0.0894 e. The van der Waals surface area contributed by atoms with Gasteiger partial charge in [-0.2, -0.15) is 0 Å². The van der Waals surface area contributed by atoms with Gasteiger partial charge in [0.2, 0.25) is 0 Å². The van der Waals surface area contributed by atoms with E-state index in [1.54, 1.807) is 0 Å². The summed E-state index contributed by atoms with van der Waals surface area (Å²) in [4.78, 5) is 0. The van der Waals surface area contributed by atoms with Crippen LogP contribution in [0.5, 0.6) is 0 Å². The second kappa shape index (κ2) is 3.79. The van der Waals surface area contributed by atoms with Crippen LogP contribution in [-0.2, 0) is 0 Å². The van der Waals surface area contributed by atoms with Gasteiger partial charge in [-0.3, -0.25) is 0 Å². The van der Waals surface area contributed by atoms with Crippen LogP contribution < -0.4 is 0 Å². The first kappa shape index (κ1) is 9.81. The SMILES string of the molecule is Cc1ccc(Br)n1-c1ccc(Cl)cc1. The molecule has 1 heterocycles. The summed E-state index contributed by atoms with van der Waals surface area (Å²) in [6.45, 7) is 2.07. The van der Waals surface area contributed by atoms with Crippen LogP contribution in [0.2, 0.25) is 5.02 Å². The highest BCUT2D eigenvalue weighted by molar-refractivity contribution is 9.10. The van der Waals surface area contributed by atoms with Crippen LogP contribution in [0.25, 0.3) is 5.69 Å². The molecule has 0 spiro atoms. The van der Waals surface area contributed by atoms with E-state index in [9.17, 15) is 0 Å². The third kappa shape index (κ3) is 1.72.